The van der Waals surface area contributed by atoms with Gasteiger partial charge in [0.05, 0.1) is 18.8 Å². The van der Waals surface area contributed by atoms with Crippen LogP contribution in [-0.2, 0) is 22.6 Å². The number of aliphatic hydroxyl groups excluding tert-OH is 1. The van der Waals surface area contributed by atoms with Crippen molar-refractivity contribution in [2.45, 2.75) is 57.3 Å². The minimum absolute atomic E-state index is 0.0303. The third kappa shape index (κ3) is 7.44. The minimum Gasteiger partial charge on any atom is -0.392 e. The quantitative estimate of drug-likeness (QED) is 0.110. The fraction of sp³-hybridized carbons (Fsp3) is 0.324. The van der Waals surface area contributed by atoms with Crippen LogP contribution in [0, 0.1) is 29.1 Å². The van der Waals surface area contributed by atoms with Crippen molar-refractivity contribution in [2.24, 2.45) is 0 Å². The number of hydrogen-bond donors (Lipinski definition) is 2. The van der Waals surface area contributed by atoms with Gasteiger partial charge >= 0.3 is 0 Å². The number of benzene rings is 4. The monoisotopic (exact) mass is 666 g/mol. The predicted octanol–water partition coefficient (Wildman–Crippen LogP) is 7.50. The normalized spacial score (nSPS) is 20.1. The van der Waals surface area contributed by atoms with Gasteiger partial charge in [-0.1, -0.05) is 73.2 Å². The van der Waals surface area contributed by atoms with E-state index in [1.165, 1.54) is 19.3 Å². The summed E-state index contributed by atoms with van der Waals surface area (Å²) in [5, 5.41) is 11.7. The summed E-state index contributed by atoms with van der Waals surface area (Å²) in [5.74, 6) is -12.5. The maximum absolute atomic E-state index is 14.1. The Labute approximate surface area is 275 Å². The zero-order chi connectivity index (χ0) is 33.8. The maximum atomic E-state index is 14.1. The molecule has 48 heavy (non-hydrogen) atoms. The van der Waals surface area contributed by atoms with Crippen molar-refractivity contribution < 1.29 is 41.3 Å². The molecule has 0 aromatic heterocycles. The van der Waals surface area contributed by atoms with Crippen molar-refractivity contribution >= 4 is 5.91 Å². The lowest BCUT2D eigenvalue weighted by atomic mass is 9.98. The van der Waals surface area contributed by atoms with Crippen molar-refractivity contribution in [3.05, 3.63) is 130 Å². The number of likely N-dealkylation sites (tertiary alicyclic amines) is 1. The van der Waals surface area contributed by atoms with Gasteiger partial charge in [0.1, 0.15) is 5.56 Å². The summed E-state index contributed by atoms with van der Waals surface area (Å²) in [6.07, 6.45) is 3.47. The number of aliphatic hydroxyl groups is 1. The van der Waals surface area contributed by atoms with E-state index in [4.69, 9.17) is 9.47 Å². The van der Waals surface area contributed by atoms with E-state index < -0.39 is 46.8 Å². The number of piperidine rings is 1. The fourth-order valence-electron chi connectivity index (χ4n) is 6.23. The summed E-state index contributed by atoms with van der Waals surface area (Å²) in [5.41, 5.74) is 3.31. The highest BCUT2D eigenvalue weighted by atomic mass is 19.2. The number of carbonyl (C=O) groups excluding carboxylic acids is 1. The van der Waals surface area contributed by atoms with E-state index in [-0.39, 0.29) is 25.4 Å². The van der Waals surface area contributed by atoms with E-state index in [1.54, 1.807) is 18.2 Å². The molecule has 1 amide bonds. The van der Waals surface area contributed by atoms with E-state index in [1.807, 2.05) is 54.6 Å². The lowest BCUT2D eigenvalue weighted by Gasteiger charge is -2.39. The van der Waals surface area contributed by atoms with Crippen LogP contribution >= 0.6 is 0 Å². The molecule has 4 aromatic carbocycles. The van der Waals surface area contributed by atoms with Crippen LogP contribution in [0.2, 0.25) is 0 Å². The summed E-state index contributed by atoms with van der Waals surface area (Å²) in [4.78, 5) is 14.9. The second-order valence-corrected chi connectivity index (χ2v) is 12.2. The van der Waals surface area contributed by atoms with Gasteiger partial charge in [-0.3, -0.25) is 4.79 Å². The van der Waals surface area contributed by atoms with Crippen LogP contribution in [0.4, 0.5) is 22.0 Å². The third-order valence-corrected chi connectivity index (χ3v) is 8.86. The predicted molar refractivity (Wildman–Crippen MR) is 168 cm³/mol. The van der Waals surface area contributed by atoms with E-state index in [9.17, 15) is 31.9 Å². The van der Waals surface area contributed by atoms with Gasteiger partial charge in [-0.15, -0.1) is 0 Å². The van der Waals surface area contributed by atoms with Gasteiger partial charge in [0.25, 0.3) is 5.91 Å². The molecule has 0 spiro atoms. The Morgan fingerprint density at radius 1 is 0.750 bits per heavy atom. The number of nitrogens with zero attached hydrogens (tertiary/aromatic N) is 1. The highest BCUT2D eigenvalue weighted by molar-refractivity contribution is 5.94. The third-order valence-electron chi connectivity index (χ3n) is 8.86. The molecule has 3 atom stereocenters. The van der Waals surface area contributed by atoms with E-state index >= 15 is 0 Å². The van der Waals surface area contributed by atoms with Gasteiger partial charge in [0, 0.05) is 25.1 Å². The highest BCUT2D eigenvalue weighted by Crippen LogP contribution is 2.39. The molecule has 6 nitrogen and oxygen atoms in total. The van der Waals surface area contributed by atoms with Gasteiger partial charge in [-0.05, 0) is 59.8 Å². The standard InChI is InChI=1S/C37H35F5N2O4/c38-31-30(32(39)34(41)35(42)33(31)40)36(46)43-19-23-5-4-6-27(17-23)24-11-13-26(14-12-24)37-47-28(20-44-15-2-1-3-16-44)18-29(48-37)25-9-7-22(21-45)8-10-25/h4-14,17,28-29,37,45H,1-3,15-16,18-21H2,(H,43,46)/t28-,29+,37+/m0/s1. The number of ether oxygens (including phenoxy) is 2. The van der Waals surface area contributed by atoms with Gasteiger partial charge in [-0.2, -0.15) is 0 Å². The van der Waals surface area contributed by atoms with Crippen LogP contribution in [0.3, 0.4) is 0 Å². The summed E-state index contributed by atoms with van der Waals surface area (Å²) in [6, 6.07) is 22.4. The first-order valence-corrected chi connectivity index (χ1v) is 15.9. The van der Waals surface area contributed by atoms with Gasteiger partial charge < -0.3 is 24.8 Å². The summed E-state index contributed by atoms with van der Waals surface area (Å²) in [6.45, 7) is 2.67. The van der Waals surface area contributed by atoms with Gasteiger partial charge in [-0.25, -0.2) is 22.0 Å². The molecule has 252 valence electrons. The van der Waals surface area contributed by atoms with Crippen LogP contribution < -0.4 is 5.32 Å². The van der Waals surface area contributed by atoms with Gasteiger partial charge in [0.2, 0.25) is 5.82 Å². The molecule has 2 heterocycles. The van der Waals surface area contributed by atoms with Crippen molar-refractivity contribution in [3.63, 3.8) is 0 Å². The molecule has 11 heteroatoms. The largest absolute Gasteiger partial charge is 0.392 e. The number of hydrogen-bond acceptors (Lipinski definition) is 5. The van der Waals surface area contributed by atoms with E-state index in [0.29, 0.717) is 12.0 Å². The number of halogens is 5. The zero-order valence-electron chi connectivity index (χ0n) is 26.0. The Kier molecular flexibility index (Phi) is 10.5. The van der Waals surface area contributed by atoms with E-state index in [2.05, 4.69) is 10.2 Å². The van der Waals surface area contributed by atoms with Crippen molar-refractivity contribution in [1.82, 2.24) is 10.2 Å². The minimum atomic E-state index is -2.33. The molecule has 0 radical (unpaired) electrons. The Bertz CT molecular complexity index is 1720. The van der Waals surface area contributed by atoms with Crippen LogP contribution in [0.5, 0.6) is 0 Å². The zero-order valence-corrected chi connectivity index (χ0v) is 26.0. The van der Waals surface area contributed by atoms with Crippen LogP contribution in [0.25, 0.3) is 11.1 Å². The number of nitrogens with one attached hydrogen (secondary N) is 1. The molecule has 2 N–H and O–H groups in total. The van der Waals surface area contributed by atoms with Crippen molar-refractivity contribution in [3.8, 4) is 11.1 Å². The average molecular weight is 667 g/mol. The molecule has 2 saturated heterocycles. The first kappa shape index (κ1) is 33.7. The molecular formula is C37H35F5N2O4. The average Bonchev–Trinajstić information content (AvgIpc) is 3.13. The van der Waals surface area contributed by atoms with Crippen molar-refractivity contribution in [2.75, 3.05) is 19.6 Å². The fourth-order valence-corrected chi connectivity index (χ4v) is 6.23. The smallest absolute Gasteiger partial charge is 0.257 e. The Hall–Kier alpha value is -4.16. The summed E-state index contributed by atoms with van der Waals surface area (Å²) in [7, 11) is 0. The summed E-state index contributed by atoms with van der Waals surface area (Å²) >= 11 is 0. The SMILES string of the molecule is O=C(NCc1cccc(-c2ccc([C@@H]3O[C@H](CN4CCCCC4)C[C@H](c4ccc(CO)cc4)O3)cc2)c1)c1c(F)c(F)c(F)c(F)c1F. The lowest BCUT2D eigenvalue weighted by molar-refractivity contribution is -0.253. The van der Waals surface area contributed by atoms with Crippen LogP contribution in [-0.4, -0.2) is 41.7 Å². The Morgan fingerprint density at radius 2 is 1.40 bits per heavy atom. The molecule has 4 aromatic rings. The second-order valence-electron chi connectivity index (χ2n) is 12.2. The molecular weight excluding hydrogens is 631 g/mol. The number of amides is 1. The van der Waals surface area contributed by atoms with Crippen LogP contribution in [0.1, 0.15) is 70.7 Å². The number of rotatable bonds is 9. The molecule has 2 aliphatic rings. The topological polar surface area (TPSA) is 71.0 Å². The number of carbonyl (C=O) groups is 1. The second kappa shape index (κ2) is 14.9. The molecule has 6 rings (SSSR count). The molecule has 0 saturated carbocycles. The van der Waals surface area contributed by atoms with E-state index in [0.717, 1.165) is 47.5 Å². The van der Waals surface area contributed by atoms with Crippen molar-refractivity contribution in [1.29, 1.82) is 0 Å². The van der Waals surface area contributed by atoms with Gasteiger partial charge in [0.15, 0.2) is 29.6 Å². The Balaban J connectivity index is 1.16. The van der Waals surface area contributed by atoms with Crippen LogP contribution in [0.15, 0.2) is 72.8 Å². The molecule has 0 aliphatic carbocycles. The Morgan fingerprint density at radius 3 is 2.06 bits per heavy atom. The maximum Gasteiger partial charge on any atom is 0.257 e. The molecule has 0 bridgehead atoms. The molecule has 2 aliphatic heterocycles. The first-order chi connectivity index (χ1) is 23.2. The lowest BCUT2D eigenvalue weighted by Crippen LogP contribution is -2.41. The highest BCUT2D eigenvalue weighted by Gasteiger charge is 2.34. The molecule has 0 unspecified atom stereocenters. The molecule has 2 fully saturated rings. The summed E-state index contributed by atoms with van der Waals surface area (Å²) < 4.78 is 81.7. The first-order valence-electron chi connectivity index (χ1n) is 15.9.